The fourth-order valence-electron chi connectivity index (χ4n) is 3.81. The lowest BCUT2D eigenvalue weighted by Crippen LogP contribution is -2.53. The number of carbonyl (C=O) groups is 2. The van der Waals surface area contributed by atoms with Gasteiger partial charge in [0.05, 0.1) is 12.7 Å². The largest absolute Gasteiger partial charge is 0.469 e. The Hall–Kier alpha value is -2.08. The molecule has 0 aliphatic carbocycles. The summed E-state index contributed by atoms with van der Waals surface area (Å²) in [5.74, 6) is -1.16. The molecule has 0 spiro atoms. The van der Waals surface area contributed by atoms with E-state index in [-0.39, 0.29) is 12.0 Å². The van der Waals surface area contributed by atoms with Crippen LogP contribution in [0.2, 0.25) is 0 Å². The summed E-state index contributed by atoms with van der Waals surface area (Å²) in [7, 11) is 3.40. The van der Waals surface area contributed by atoms with Gasteiger partial charge in [0.15, 0.2) is 0 Å². The molecule has 2 fully saturated rings. The molecule has 4 atom stereocenters. The molecule has 6 heteroatoms. The molecule has 3 rings (SSSR count). The first kappa shape index (κ1) is 15.8. The maximum atomic E-state index is 12.4. The summed E-state index contributed by atoms with van der Waals surface area (Å²) in [6.45, 7) is 0. The second-order valence-electron chi connectivity index (χ2n) is 6.31. The standard InChI is InChI=1S/C17H22N2O4/c1-19-12-7-8-13(19)15(17(21)22-2)14(9-12)23-16(20)10-3-5-11(18)6-4-10/h3-6,12-15H,7-9,18H2,1-2H3/t12-,13+,14-,15+/m0/s1. The van der Waals surface area contributed by atoms with Gasteiger partial charge in [0.2, 0.25) is 0 Å². The summed E-state index contributed by atoms with van der Waals surface area (Å²) < 4.78 is 10.6. The number of hydrogen-bond acceptors (Lipinski definition) is 6. The van der Waals surface area contributed by atoms with E-state index in [4.69, 9.17) is 15.2 Å². The molecule has 0 radical (unpaired) electrons. The van der Waals surface area contributed by atoms with E-state index < -0.39 is 18.0 Å². The average molecular weight is 318 g/mol. The van der Waals surface area contributed by atoms with Crippen LogP contribution in [-0.2, 0) is 14.3 Å². The lowest BCUT2D eigenvalue weighted by atomic mass is 9.87. The van der Waals surface area contributed by atoms with Crippen LogP contribution in [0.1, 0.15) is 29.6 Å². The van der Waals surface area contributed by atoms with Crippen LogP contribution in [0.5, 0.6) is 0 Å². The third-order valence-electron chi connectivity index (χ3n) is 5.09. The number of ether oxygens (including phenoxy) is 2. The molecule has 6 nitrogen and oxygen atoms in total. The zero-order valence-electron chi connectivity index (χ0n) is 13.4. The number of rotatable bonds is 3. The van der Waals surface area contributed by atoms with Gasteiger partial charge in [-0.1, -0.05) is 0 Å². The Kier molecular flexibility index (Phi) is 4.26. The molecule has 0 saturated carbocycles. The molecule has 23 heavy (non-hydrogen) atoms. The summed E-state index contributed by atoms with van der Waals surface area (Å²) in [4.78, 5) is 26.8. The van der Waals surface area contributed by atoms with Gasteiger partial charge in [0.25, 0.3) is 0 Å². The Morgan fingerprint density at radius 2 is 1.91 bits per heavy atom. The van der Waals surface area contributed by atoms with Crippen LogP contribution < -0.4 is 5.73 Å². The second kappa shape index (κ2) is 6.20. The Balaban J connectivity index is 1.78. The number of fused-ring (bicyclic) bond motifs is 2. The highest BCUT2D eigenvalue weighted by Crippen LogP contribution is 2.40. The highest BCUT2D eigenvalue weighted by atomic mass is 16.6. The Morgan fingerprint density at radius 1 is 1.22 bits per heavy atom. The monoisotopic (exact) mass is 318 g/mol. The van der Waals surface area contributed by atoms with Crippen LogP contribution in [0, 0.1) is 5.92 Å². The molecule has 1 aromatic carbocycles. The Labute approximate surface area is 135 Å². The Morgan fingerprint density at radius 3 is 2.57 bits per heavy atom. The van der Waals surface area contributed by atoms with Gasteiger partial charge >= 0.3 is 11.9 Å². The number of methoxy groups -OCH3 is 1. The van der Waals surface area contributed by atoms with E-state index in [0.29, 0.717) is 23.7 Å². The van der Waals surface area contributed by atoms with Crippen molar-refractivity contribution in [3.05, 3.63) is 29.8 Å². The Bertz CT molecular complexity index is 601. The molecular formula is C17H22N2O4. The first-order chi connectivity index (χ1) is 11.0. The fourth-order valence-corrected chi connectivity index (χ4v) is 3.81. The van der Waals surface area contributed by atoms with E-state index in [9.17, 15) is 9.59 Å². The fraction of sp³-hybridized carbons (Fsp3) is 0.529. The molecule has 124 valence electrons. The van der Waals surface area contributed by atoms with Gasteiger partial charge in [-0.05, 0) is 44.2 Å². The third kappa shape index (κ3) is 2.91. The summed E-state index contributed by atoms with van der Waals surface area (Å²) in [6, 6.07) is 7.01. The van der Waals surface area contributed by atoms with E-state index in [1.165, 1.54) is 7.11 Å². The van der Waals surface area contributed by atoms with Crippen molar-refractivity contribution >= 4 is 17.6 Å². The second-order valence-corrected chi connectivity index (χ2v) is 6.31. The van der Waals surface area contributed by atoms with Crippen LogP contribution in [-0.4, -0.2) is 49.2 Å². The first-order valence-corrected chi connectivity index (χ1v) is 7.87. The predicted octanol–water partition coefficient (Wildman–Crippen LogP) is 1.45. The molecular weight excluding hydrogens is 296 g/mol. The van der Waals surface area contributed by atoms with E-state index in [1.54, 1.807) is 24.3 Å². The minimum absolute atomic E-state index is 0.0745. The van der Waals surface area contributed by atoms with E-state index in [1.807, 2.05) is 7.05 Å². The number of hydrogen-bond donors (Lipinski definition) is 1. The van der Waals surface area contributed by atoms with Gasteiger partial charge in [-0.3, -0.25) is 9.69 Å². The van der Waals surface area contributed by atoms with E-state index in [0.717, 1.165) is 12.8 Å². The molecule has 0 amide bonds. The summed E-state index contributed by atoms with van der Waals surface area (Å²) >= 11 is 0. The molecule has 0 aromatic heterocycles. The molecule has 2 heterocycles. The maximum absolute atomic E-state index is 12.4. The highest BCUT2D eigenvalue weighted by molar-refractivity contribution is 5.90. The average Bonchev–Trinajstić information content (AvgIpc) is 2.78. The smallest absolute Gasteiger partial charge is 0.338 e. The van der Waals surface area contributed by atoms with Crippen molar-refractivity contribution in [1.82, 2.24) is 4.90 Å². The van der Waals surface area contributed by atoms with Crippen LogP contribution in [0.4, 0.5) is 5.69 Å². The lowest BCUT2D eigenvalue weighted by Gasteiger charge is -2.40. The van der Waals surface area contributed by atoms with Crippen molar-refractivity contribution in [2.75, 3.05) is 19.9 Å². The molecule has 2 saturated heterocycles. The zero-order valence-corrected chi connectivity index (χ0v) is 13.4. The van der Waals surface area contributed by atoms with Gasteiger partial charge in [0.1, 0.15) is 12.0 Å². The topological polar surface area (TPSA) is 81.9 Å². The zero-order chi connectivity index (χ0) is 16.6. The quantitative estimate of drug-likeness (QED) is 0.671. The summed E-state index contributed by atoms with van der Waals surface area (Å²) in [5.41, 5.74) is 6.66. The van der Waals surface area contributed by atoms with Crippen molar-refractivity contribution in [1.29, 1.82) is 0 Å². The number of nitrogens with two attached hydrogens (primary N) is 1. The maximum Gasteiger partial charge on any atom is 0.338 e. The normalized spacial score (nSPS) is 30.0. The molecule has 2 aliphatic heterocycles. The van der Waals surface area contributed by atoms with Crippen molar-refractivity contribution in [3.63, 3.8) is 0 Å². The number of anilines is 1. The summed E-state index contributed by atoms with van der Waals surface area (Å²) in [6.07, 6.45) is 2.16. The predicted molar refractivity (Wildman–Crippen MR) is 84.8 cm³/mol. The van der Waals surface area contributed by atoms with E-state index in [2.05, 4.69) is 4.90 Å². The van der Waals surface area contributed by atoms with Crippen molar-refractivity contribution in [2.45, 2.75) is 37.5 Å². The van der Waals surface area contributed by atoms with Crippen LogP contribution in [0.3, 0.4) is 0 Å². The SMILES string of the molecule is COC(=O)[C@H]1[C@@H](OC(=O)c2ccc(N)cc2)C[C@@H]2CC[C@H]1N2C. The number of nitrogens with zero attached hydrogens (tertiary/aromatic N) is 1. The van der Waals surface area contributed by atoms with Crippen LogP contribution in [0.25, 0.3) is 0 Å². The number of nitrogen functional groups attached to an aromatic ring is 1. The third-order valence-corrected chi connectivity index (χ3v) is 5.09. The van der Waals surface area contributed by atoms with Gasteiger partial charge in [-0.15, -0.1) is 0 Å². The van der Waals surface area contributed by atoms with Crippen LogP contribution >= 0.6 is 0 Å². The number of piperidine rings is 1. The highest BCUT2D eigenvalue weighted by Gasteiger charge is 2.50. The van der Waals surface area contributed by atoms with Gasteiger partial charge < -0.3 is 15.2 Å². The van der Waals surface area contributed by atoms with E-state index >= 15 is 0 Å². The number of esters is 2. The molecule has 2 aliphatic rings. The first-order valence-electron chi connectivity index (χ1n) is 7.87. The van der Waals surface area contributed by atoms with Crippen LogP contribution in [0.15, 0.2) is 24.3 Å². The lowest BCUT2D eigenvalue weighted by molar-refractivity contribution is -0.156. The number of carbonyl (C=O) groups excluding carboxylic acids is 2. The minimum Gasteiger partial charge on any atom is -0.469 e. The van der Waals surface area contributed by atoms with Crippen molar-refractivity contribution < 1.29 is 19.1 Å². The summed E-state index contributed by atoms with van der Waals surface area (Å²) in [5, 5.41) is 0. The van der Waals surface area contributed by atoms with Gasteiger partial charge in [0, 0.05) is 24.2 Å². The minimum atomic E-state index is -0.443. The molecule has 1 aromatic rings. The molecule has 0 unspecified atom stereocenters. The van der Waals surface area contributed by atoms with Gasteiger partial charge in [-0.2, -0.15) is 0 Å². The van der Waals surface area contributed by atoms with Crippen molar-refractivity contribution in [3.8, 4) is 0 Å². The van der Waals surface area contributed by atoms with Gasteiger partial charge in [-0.25, -0.2) is 4.79 Å². The molecule has 2 N–H and O–H groups in total. The number of benzene rings is 1. The molecule has 2 bridgehead atoms. The van der Waals surface area contributed by atoms with Crippen molar-refractivity contribution in [2.24, 2.45) is 5.92 Å².